The van der Waals surface area contributed by atoms with E-state index < -0.39 is 17.8 Å². The van der Waals surface area contributed by atoms with E-state index >= 15 is 0 Å². The first-order valence-electron chi connectivity index (χ1n) is 4.71. The lowest BCUT2D eigenvalue weighted by Gasteiger charge is -2.11. The van der Waals surface area contributed by atoms with Crippen LogP contribution in [0.3, 0.4) is 0 Å². The van der Waals surface area contributed by atoms with Gasteiger partial charge >= 0.3 is 5.97 Å². The third-order valence-corrected chi connectivity index (χ3v) is 1.58. The summed E-state index contributed by atoms with van der Waals surface area (Å²) in [6, 6.07) is 0. The average Bonchev–Trinajstić information content (AvgIpc) is 2.46. The molecule has 0 radical (unpaired) electrons. The number of carbonyl (C=O) groups excluding carboxylic acids is 3. The molecule has 1 saturated heterocycles. The molecular formula is C8H11NO4. The Bertz CT molecular complexity index is 250. The molecular weight excluding hydrogens is 174 g/mol. The van der Waals surface area contributed by atoms with Crippen LogP contribution in [-0.2, 0) is 19.2 Å². The van der Waals surface area contributed by atoms with Gasteiger partial charge < -0.3 is 4.84 Å². The van der Waals surface area contributed by atoms with Crippen molar-refractivity contribution in [2.24, 2.45) is 0 Å². The Hall–Kier alpha value is -1.39. The van der Waals surface area contributed by atoms with Crippen molar-refractivity contribution in [1.29, 1.82) is 0 Å². The quantitative estimate of drug-likeness (QED) is 0.598. The Balaban J connectivity index is 2.39. The molecule has 0 aromatic heterocycles. The minimum Gasteiger partial charge on any atom is -0.330 e. The van der Waals surface area contributed by atoms with Crippen LogP contribution in [0, 0.1) is 0 Å². The van der Waals surface area contributed by atoms with E-state index in [9.17, 15) is 14.4 Å². The lowest BCUT2D eigenvalue weighted by Crippen LogP contribution is -2.31. The van der Waals surface area contributed by atoms with Gasteiger partial charge in [0.1, 0.15) is 0 Å². The third kappa shape index (κ3) is 2.27. The number of carbonyl (C=O) groups is 3. The van der Waals surface area contributed by atoms with Gasteiger partial charge in [0.2, 0.25) is 0 Å². The van der Waals surface area contributed by atoms with Gasteiger partial charge in [0.05, 0.1) is 0 Å². The van der Waals surface area contributed by atoms with Gasteiger partial charge in [0.25, 0.3) is 11.8 Å². The first kappa shape index (κ1) is 8.22. The fourth-order valence-corrected chi connectivity index (χ4v) is 0.950. The molecule has 0 unspecified atom stereocenters. The molecule has 0 aromatic rings. The minimum absolute atomic E-state index is 0.0561. The fourth-order valence-electron chi connectivity index (χ4n) is 0.950. The lowest BCUT2D eigenvalue weighted by atomic mass is 10.3. The Morgan fingerprint density at radius 1 is 1.54 bits per heavy atom. The fraction of sp³-hybridized carbons (Fsp3) is 0.625. The van der Waals surface area contributed by atoms with Crippen molar-refractivity contribution < 1.29 is 20.6 Å². The maximum absolute atomic E-state index is 11.0. The molecule has 0 saturated carbocycles. The van der Waals surface area contributed by atoms with Gasteiger partial charge in [-0.05, 0) is 6.42 Å². The van der Waals surface area contributed by atoms with E-state index in [1.165, 1.54) is 0 Å². The van der Waals surface area contributed by atoms with Crippen molar-refractivity contribution in [3.8, 4) is 0 Å². The van der Waals surface area contributed by atoms with E-state index in [1.807, 2.05) is 0 Å². The van der Waals surface area contributed by atoms with Crippen LogP contribution in [0.1, 0.15) is 34.0 Å². The molecule has 1 fully saturated rings. The summed E-state index contributed by atoms with van der Waals surface area (Å²) < 4.78 is 6.80. The highest BCUT2D eigenvalue weighted by atomic mass is 16.7. The predicted octanol–water partition coefficient (Wildman–Crippen LogP) is 0.394. The standard InChI is InChI=1S/C8H11NO4/c1-2-3-8(12)13-9-6(10)4-5-7(9)11/h2-5H2,1H3/i1D. The summed E-state index contributed by atoms with van der Waals surface area (Å²) in [5, 5.41) is 0.520. The molecule has 0 N–H and O–H groups in total. The zero-order valence-electron chi connectivity index (χ0n) is 8.12. The molecule has 13 heavy (non-hydrogen) atoms. The summed E-state index contributed by atoms with van der Waals surface area (Å²) >= 11 is 0. The van der Waals surface area contributed by atoms with Gasteiger partial charge in [-0.1, -0.05) is 6.90 Å². The Morgan fingerprint density at radius 3 is 2.69 bits per heavy atom. The summed E-state index contributed by atoms with van der Waals surface area (Å²) in [7, 11) is 0. The Kier molecular flexibility index (Phi) is 2.54. The number of hydrogen-bond donors (Lipinski definition) is 0. The van der Waals surface area contributed by atoms with Crippen LogP contribution in [0.2, 0.25) is 0 Å². The topological polar surface area (TPSA) is 63.7 Å². The Labute approximate surface area is 77.0 Å². The molecule has 1 heterocycles. The van der Waals surface area contributed by atoms with Crippen molar-refractivity contribution in [3.63, 3.8) is 0 Å². The van der Waals surface area contributed by atoms with Crippen molar-refractivity contribution in [3.05, 3.63) is 0 Å². The van der Waals surface area contributed by atoms with Crippen LogP contribution in [0.25, 0.3) is 0 Å². The summed E-state index contributed by atoms with van der Waals surface area (Å²) in [6.45, 7) is 0.122. The van der Waals surface area contributed by atoms with Gasteiger partial charge in [-0.15, -0.1) is 5.06 Å². The first-order valence-corrected chi connectivity index (χ1v) is 4.01. The Morgan fingerprint density at radius 2 is 2.15 bits per heavy atom. The normalized spacial score (nSPS) is 17.5. The van der Waals surface area contributed by atoms with Gasteiger partial charge in [-0.25, -0.2) is 4.79 Å². The summed E-state index contributed by atoms with van der Waals surface area (Å²) in [5.74, 6) is -1.59. The molecule has 5 nitrogen and oxygen atoms in total. The number of hydroxylamine groups is 2. The van der Waals surface area contributed by atoms with E-state index in [0.717, 1.165) is 0 Å². The van der Waals surface area contributed by atoms with Crippen molar-refractivity contribution in [2.45, 2.75) is 32.6 Å². The van der Waals surface area contributed by atoms with E-state index in [2.05, 4.69) is 4.84 Å². The van der Waals surface area contributed by atoms with Crippen molar-refractivity contribution in [1.82, 2.24) is 5.06 Å². The van der Waals surface area contributed by atoms with Crippen LogP contribution in [0.15, 0.2) is 0 Å². The molecule has 0 bridgehead atoms. The SMILES string of the molecule is [2H]CCCC(=O)ON1C(=O)CCC1=O. The maximum atomic E-state index is 11.0. The monoisotopic (exact) mass is 186 g/mol. The molecule has 72 valence electrons. The lowest BCUT2D eigenvalue weighted by molar-refractivity contribution is -0.197. The van der Waals surface area contributed by atoms with Crippen LogP contribution in [0.4, 0.5) is 0 Å². The molecule has 1 aliphatic rings. The zero-order valence-corrected chi connectivity index (χ0v) is 7.12. The van der Waals surface area contributed by atoms with Gasteiger partial charge in [0.15, 0.2) is 0 Å². The number of nitrogens with zero attached hydrogens (tertiary/aromatic N) is 1. The maximum Gasteiger partial charge on any atom is 0.333 e. The van der Waals surface area contributed by atoms with Crippen molar-refractivity contribution in [2.75, 3.05) is 0 Å². The minimum atomic E-state index is -0.638. The molecule has 0 spiro atoms. The van der Waals surface area contributed by atoms with Crippen LogP contribution >= 0.6 is 0 Å². The summed E-state index contributed by atoms with van der Waals surface area (Å²) in [6.07, 6.45) is 0.630. The van der Waals surface area contributed by atoms with Gasteiger partial charge in [-0.3, -0.25) is 9.59 Å². The highest BCUT2D eigenvalue weighted by Crippen LogP contribution is 2.12. The number of hydrogen-bond acceptors (Lipinski definition) is 4. The van der Waals surface area contributed by atoms with Gasteiger partial charge in [0, 0.05) is 20.6 Å². The van der Waals surface area contributed by atoms with Crippen LogP contribution in [0.5, 0.6) is 0 Å². The molecule has 1 rings (SSSR count). The smallest absolute Gasteiger partial charge is 0.330 e. The van der Waals surface area contributed by atoms with Crippen LogP contribution < -0.4 is 0 Å². The highest BCUT2D eigenvalue weighted by Gasteiger charge is 2.32. The van der Waals surface area contributed by atoms with E-state index in [-0.39, 0.29) is 26.2 Å². The van der Waals surface area contributed by atoms with Gasteiger partial charge in [-0.2, -0.15) is 0 Å². The van der Waals surface area contributed by atoms with Crippen molar-refractivity contribution >= 4 is 17.8 Å². The zero-order chi connectivity index (χ0) is 10.6. The molecule has 0 atom stereocenters. The predicted molar refractivity (Wildman–Crippen MR) is 42.1 cm³/mol. The summed E-state index contributed by atoms with van der Waals surface area (Å²) in [5.41, 5.74) is 0. The highest BCUT2D eigenvalue weighted by molar-refractivity contribution is 6.01. The number of imide groups is 1. The molecule has 5 heteroatoms. The number of amides is 2. The second-order valence-corrected chi connectivity index (χ2v) is 2.65. The van der Waals surface area contributed by atoms with E-state index in [0.29, 0.717) is 11.5 Å². The second-order valence-electron chi connectivity index (χ2n) is 2.65. The van der Waals surface area contributed by atoms with Crippen LogP contribution in [-0.4, -0.2) is 22.8 Å². The summed E-state index contributed by atoms with van der Waals surface area (Å²) in [4.78, 5) is 37.5. The first-order chi connectivity index (χ1) is 6.65. The molecule has 0 aromatic carbocycles. The molecule has 1 aliphatic heterocycles. The third-order valence-electron chi connectivity index (χ3n) is 1.58. The largest absolute Gasteiger partial charge is 0.333 e. The molecule has 0 aliphatic carbocycles. The van der Waals surface area contributed by atoms with E-state index in [4.69, 9.17) is 1.37 Å². The number of rotatable bonds is 3. The second kappa shape index (κ2) is 4.02. The van der Waals surface area contributed by atoms with E-state index in [1.54, 1.807) is 0 Å². The molecule has 2 amide bonds. The average molecular weight is 186 g/mol.